The summed E-state index contributed by atoms with van der Waals surface area (Å²) in [5.41, 5.74) is 1.62. The average Bonchev–Trinajstić information content (AvgIpc) is 2.97. The van der Waals surface area contributed by atoms with Gasteiger partial charge in [0.25, 0.3) is 0 Å². The summed E-state index contributed by atoms with van der Waals surface area (Å²) >= 11 is 1.33. The van der Waals surface area contributed by atoms with E-state index in [4.69, 9.17) is 5.11 Å². The molecule has 2 atom stereocenters. The monoisotopic (exact) mass is 294 g/mol. The normalized spacial score (nSPS) is 13.7. The zero-order valence-corrected chi connectivity index (χ0v) is 11.3. The van der Waals surface area contributed by atoms with E-state index in [1.165, 1.54) is 23.5 Å². The Bertz CT molecular complexity index is 610. The lowest BCUT2D eigenvalue weighted by atomic mass is 9.84. The summed E-state index contributed by atoms with van der Waals surface area (Å²) in [6, 6.07) is 5.81. The molecule has 20 heavy (non-hydrogen) atoms. The van der Waals surface area contributed by atoms with Crippen molar-refractivity contribution in [3.05, 3.63) is 52.0 Å². The van der Waals surface area contributed by atoms with E-state index in [-0.39, 0.29) is 18.6 Å². The summed E-state index contributed by atoms with van der Waals surface area (Å²) < 4.78 is 27.2. The summed E-state index contributed by atoms with van der Waals surface area (Å²) in [5, 5.41) is 18.5. The third kappa shape index (κ3) is 2.84. The van der Waals surface area contributed by atoms with Crippen molar-refractivity contribution in [3.8, 4) is 6.07 Å². The van der Waals surface area contributed by atoms with Crippen LogP contribution in [0.4, 0.5) is 8.78 Å². The lowest BCUT2D eigenvalue weighted by Crippen LogP contribution is -2.13. The number of aliphatic hydroxyl groups is 1. The van der Waals surface area contributed by atoms with Crippen molar-refractivity contribution in [2.75, 3.05) is 6.61 Å². The number of benzene rings is 1. The number of halogens is 2. The Balaban J connectivity index is 2.44. The van der Waals surface area contributed by atoms with Gasteiger partial charge in [0.15, 0.2) is 11.6 Å². The van der Waals surface area contributed by atoms with Gasteiger partial charge in [0, 0.05) is 29.2 Å². The molecule has 1 aromatic carbocycles. The fraction of sp³-hybridized carbons (Fsp3) is 0.286. The quantitative estimate of drug-likeness (QED) is 0.921. The first-order chi connectivity index (χ1) is 9.69. The summed E-state index contributed by atoms with van der Waals surface area (Å²) in [7, 11) is 0. The summed E-state index contributed by atoms with van der Waals surface area (Å²) in [5.74, 6) is -3.26. The third-order valence-electron chi connectivity index (χ3n) is 3.11. The van der Waals surface area contributed by atoms with E-state index >= 15 is 0 Å². The van der Waals surface area contributed by atoms with Crippen LogP contribution < -0.4 is 0 Å². The molecule has 3 nitrogen and oxygen atoms in total. The molecule has 0 bridgehead atoms. The number of thiazole rings is 1. The van der Waals surface area contributed by atoms with Crippen molar-refractivity contribution in [1.82, 2.24) is 4.98 Å². The number of hydrogen-bond donors (Lipinski definition) is 1. The molecule has 104 valence electrons. The molecule has 0 aliphatic carbocycles. The molecule has 1 aromatic heterocycles. The van der Waals surface area contributed by atoms with Gasteiger partial charge in [0.2, 0.25) is 0 Å². The van der Waals surface area contributed by atoms with Crippen LogP contribution in [0.5, 0.6) is 0 Å². The molecule has 2 rings (SSSR count). The van der Waals surface area contributed by atoms with E-state index in [9.17, 15) is 14.0 Å². The fourth-order valence-corrected chi connectivity index (χ4v) is 2.95. The first kappa shape index (κ1) is 14.6. The molecule has 0 aliphatic rings. The molecule has 0 saturated heterocycles. The molecular formula is C14H12F2N2OS. The van der Waals surface area contributed by atoms with E-state index in [0.29, 0.717) is 0 Å². The number of aliphatic hydroxyl groups excluding tert-OH is 1. The summed E-state index contributed by atoms with van der Waals surface area (Å²) in [6.07, 6.45) is 1.88. The van der Waals surface area contributed by atoms with Gasteiger partial charge >= 0.3 is 0 Å². The van der Waals surface area contributed by atoms with Crippen molar-refractivity contribution in [2.45, 2.75) is 18.3 Å². The molecule has 0 saturated carbocycles. The predicted octanol–water partition coefficient (Wildman–Crippen LogP) is 3.19. The van der Waals surface area contributed by atoms with Crippen LogP contribution in [0.1, 0.15) is 28.7 Å². The van der Waals surface area contributed by atoms with E-state index in [1.807, 2.05) is 6.07 Å². The van der Waals surface area contributed by atoms with Gasteiger partial charge in [-0.25, -0.2) is 8.78 Å². The van der Waals surface area contributed by atoms with Crippen molar-refractivity contribution in [2.24, 2.45) is 0 Å². The third-order valence-corrected chi connectivity index (χ3v) is 4.02. The molecule has 0 aliphatic heterocycles. The maximum absolute atomic E-state index is 13.9. The largest absolute Gasteiger partial charge is 0.396 e. The molecular weight excluding hydrogens is 282 g/mol. The van der Waals surface area contributed by atoms with Crippen molar-refractivity contribution >= 4 is 11.3 Å². The predicted molar refractivity (Wildman–Crippen MR) is 71.3 cm³/mol. The molecule has 0 amide bonds. The van der Waals surface area contributed by atoms with Gasteiger partial charge in [-0.3, -0.25) is 4.98 Å². The summed E-state index contributed by atoms with van der Waals surface area (Å²) in [4.78, 5) is 4.71. The highest BCUT2D eigenvalue weighted by atomic mass is 32.1. The Labute approximate surface area is 119 Å². The fourth-order valence-electron chi connectivity index (χ4n) is 2.16. The number of rotatable bonds is 5. The van der Waals surface area contributed by atoms with E-state index in [2.05, 4.69) is 4.98 Å². The van der Waals surface area contributed by atoms with Crippen LogP contribution >= 0.6 is 11.3 Å². The van der Waals surface area contributed by atoms with E-state index in [0.717, 1.165) is 10.9 Å². The standard InChI is InChI=1S/C14H12F2N2OS/c15-12-3-1-2-10(14(12)16)11(6-17)9(4-5-19)13-7-18-8-20-13/h1-3,7-9,11,19H,4-5H2/t9-,11+/m1/s1. The van der Waals surface area contributed by atoms with Gasteiger partial charge in [-0.15, -0.1) is 11.3 Å². The second-order valence-corrected chi connectivity index (χ2v) is 5.19. The van der Waals surface area contributed by atoms with Crippen LogP contribution in [0.25, 0.3) is 0 Å². The van der Waals surface area contributed by atoms with Gasteiger partial charge in [0.1, 0.15) is 0 Å². The molecule has 1 heterocycles. The number of hydrogen-bond acceptors (Lipinski definition) is 4. The molecule has 0 spiro atoms. The minimum absolute atomic E-state index is 0.0133. The van der Waals surface area contributed by atoms with E-state index in [1.54, 1.807) is 11.7 Å². The first-order valence-corrected chi connectivity index (χ1v) is 6.89. The lowest BCUT2D eigenvalue weighted by Gasteiger charge is -2.20. The molecule has 0 radical (unpaired) electrons. The van der Waals surface area contributed by atoms with E-state index < -0.39 is 23.5 Å². The average molecular weight is 294 g/mol. The van der Waals surface area contributed by atoms with Crippen LogP contribution in [0, 0.1) is 23.0 Å². The SMILES string of the molecule is N#C[C@H](c1cccc(F)c1F)[C@@H](CCO)c1cncs1. The Hall–Kier alpha value is -1.84. The van der Waals surface area contributed by atoms with Gasteiger partial charge < -0.3 is 5.11 Å². The second-order valence-electron chi connectivity index (χ2n) is 4.27. The number of aromatic nitrogens is 1. The second kappa shape index (κ2) is 6.55. The van der Waals surface area contributed by atoms with Crippen LogP contribution in [-0.2, 0) is 0 Å². The van der Waals surface area contributed by atoms with Crippen LogP contribution in [0.2, 0.25) is 0 Å². The van der Waals surface area contributed by atoms with Crippen LogP contribution in [-0.4, -0.2) is 16.7 Å². The Morgan fingerprint density at radius 3 is 2.80 bits per heavy atom. The molecule has 2 aromatic rings. The lowest BCUT2D eigenvalue weighted by molar-refractivity contribution is 0.272. The van der Waals surface area contributed by atoms with Crippen molar-refractivity contribution < 1.29 is 13.9 Å². The molecule has 6 heteroatoms. The zero-order chi connectivity index (χ0) is 14.5. The van der Waals surface area contributed by atoms with Gasteiger partial charge in [-0.05, 0) is 12.5 Å². The highest BCUT2D eigenvalue weighted by molar-refractivity contribution is 7.09. The maximum atomic E-state index is 13.9. The van der Waals surface area contributed by atoms with Gasteiger partial charge in [-0.2, -0.15) is 5.26 Å². The van der Waals surface area contributed by atoms with Crippen LogP contribution in [0.3, 0.4) is 0 Å². The Kier molecular flexibility index (Phi) is 4.77. The smallest absolute Gasteiger partial charge is 0.163 e. The van der Waals surface area contributed by atoms with Crippen LogP contribution in [0.15, 0.2) is 29.9 Å². The van der Waals surface area contributed by atoms with Crippen molar-refractivity contribution in [1.29, 1.82) is 5.26 Å². The Morgan fingerprint density at radius 2 is 2.20 bits per heavy atom. The minimum atomic E-state index is -1.01. The topological polar surface area (TPSA) is 56.9 Å². The van der Waals surface area contributed by atoms with Crippen molar-refractivity contribution in [3.63, 3.8) is 0 Å². The molecule has 0 fully saturated rings. The zero-order valence-electron chi connectivity index (χ0n) is 10.5. The number of nitriles is 1. The molecule has 1 N–H and O–H groups in total. The highest BCUT2D eigenvalue weighted by Crippen LogP contribution is 2.38. The summed E-state index contributed by atoms with van der Waals surface area (Å²) in [6.45, 7) is -0.141. The Morgan fingerprint density at radius 1 is 1.40 bits per heavy atom. The molecule has 0 unspecified atom stereocenters. The highest BCUT2D eigenvalue weighted by Gasteiger charge is 2.28. The van der Waals surface area contributed by atoms with Gasteiger partial charge in [0.05, 0.1) is 17.5 Å². The number of nitrogens with zero attached hydrogens (tertiary/aromatic N) is 2. The minimum Gasteiger partial charge on any atom is -0.396 e. The van der Waals surface area contributed by atoms with Gasteiger partial charge in [-0.1, -0.05) is 12.1 Å². The maximum Gasteiger partial charge on any atom is 0.163 e. The first-order valence-electron chi connectivity index (χ1n) is 6.01.